The number of nitro groups is 2. The van der Waals surface area contributed by atoms with Gasteiger partial charge in [0.05, 0.1) is 41.6 Å². The predicted octanol–water partition coefficient (Wildman–Crippen LogP) is 2.70. The van der Waals surface area contributed by atoms with Gasteiger partial charge in [-0.3, -0.25) is 34.2 Å². The van der Waals surface area contributed by atoms with Gasteiger partial charge in [0, 0.05) is 18.3 Å². The van der Waals surface area contributed by atoms with Crippen molar-refractivity contribution in [2.75, 3.05) is 14.2 Å². The lowest BCUT2D eigenvalue weighted by molar-refractivity contribution is -0.385. The first kappa shape index (κ1) is 23.7. The van der Waals surface area contributed by atoms with Crippen LogP contribution in [-0.4, -0.2) is 33.2 Å². The van der Waals surface area contributed by atoms with E-state index in [4.69, 9.17) is 9.47 Å². The van der Waals surface area contributed by atoms with Crippen LogP contribution in [0.1, 0.15) is 11.1 Å². The minimum Gasteiger partial charge on any atom is -0.490 e. The number of methoxy groups -OCH3 is 2. The Morgan fingerprint density at radius 2 is 1.36 bits per heavy atom. The summed E-state index contributed by atoms with van der Waals surface area (Å²) in [6.07, 6.45) is 1.29. The maximum atomic E-state index is 13.0. The summed E-state index contributed by atoms with van der Waals surface area (Å²) in [6.45, 7) is -0.296. The Bertz CT molecular complexity index is 1370. The maximum absolute atomic E-state index is 13.0. The zero-order valence-corrected chi connectivity index (χ0v) is 19.0. The summed E-state index contributed by atoms with van der Waals surface area (Å²) in [6, 6.07) is 8.38. The van der Waals surface area contributed by atoms with Crippen LogP contribution >= 0.6 is 15.9 Å². The van der Waals surface area contributed by atoms with E-state index in [1.165, 1.54) is 55.3 Å². The molecule has 0 saturated carbocycles. The fraction of sp³-hybridized carbons (Fsp3) is 0.200. The van der Waals surface area contributed by atoms with Crippen LogP contribution in [0.5, 0.6) is 11.5 Å². The van der Waals surface area contributed by atoms with Crippen molar-refractivity contribution in [1.29, 1.82) is 0 Å². The van der Waals surface area contributed by atoms with E-state index in [0.717, 1.165) is 4.57 Å². The summed E-state index contributed by atoms with van der Waals surface area (Å²) in [5.41, 5.74) is -1.12. The second kappa shape index (κ2) is 9.65. The Hall–Kier alpha value is -4.00. The quantitative estimate of drug-likeness (QED) is 0.325. The van der Waals surface area contributed by atoms with Gasteiger partial charge < -0.3 is 9.47 Å². The Morgan fingerprint density at radius 1 is 0.879 bits per heavy atom. The molecule has 0 saturated heterocycles. The monoisotopic (exact) mass is 520 g/mol. The van der Waals surface area contributed by atoms with E-state index in [2.05, 4.69) is 15.9 Å². The van der Waals surface area contributed by atoms with Gasteiger partial charge in [0.1, 0.15) is 0 Å². The molecule has 0 amide bonds. The lowest BCUT2D eigenvalue weighted by atomic mass is 10.2. The topological polar surface area (TPSA) is 149 Å². The number of nitrogens with zero attached hydrogens (tertiary/aromatic N) is 4. The van der Waals surface area contributed by atoms with E-state index in [1.807, 2.05) is 0 Å². The molecular weight excluding hydrogens is 504 g/mol. The van der Waals surface area contributed by atoms with Crippen molar-refractivity contribution in [2.24, 2.45) is 0 Å². The van der Waals surface area contributed by atoms with Crippen LogP contribution < -0.4 is 20.7 Å². The molecule has 1 aromatic heterocycles. The number of nitro benzene ring substituents is 2. The molecule has 12 nitrogen and oxygen atoms in total. The lowest BCUT2D eigenvalue weighted by Gasteiger charge is -2.12. The van der Waals surface area contributed by atoms with Crippen LogP contribution in [0.25, 0.3) is 0 Å². The van der Waals surface area contributed by atoms with E-state index in [9.17, 15) is 29.8 Å². The molecule has 172 valence electrons. The molecule has 0 aliphatic heterocycles. The summed E-state index contributed by atoms with van der Waals surface area (Å²) < 4.78 is 12.1. The molecule has 2 aromatic carbocycles. The van der Waals surface area contributed by atoms with Crippen LogP contribution in [0.4, 0.5) is 11.4 Å². The van der Waals surface area contributed by atoms with Gasteiger partial charge in [-0.15, -0.1) is 0 Å². The van der Waals surface area contributed by atoms with Crippen LogP contribution in [0.3, 0.4) is 0 Å². The van der Waals surface area contributed by atoms with Gasteiger partial charge in [-0.05, 0) is 39.2 Å². The third-order valence-corrected chi connectivity index (χ3v) is 5.31. The van der Waals surface area contributed by atoms with Crippen molar-refractivity contribution in [3.63, 3.8) is 0 Å². The molecular formula is C20H17BrN4O8. The largest absolute Gasteiger partial charge is 0.490 e. The molecule has 0 spiro atoms. The van der Waals surface area contributed by atoms with Crippen molar-refractivity contribution in [3.8, 4) is 11.5 Å². The second-order valence-corrected chi connectivity index (χ2v) is 7.66. The minimum absolute atomic E-state index is 0.0452. The number of hydrogen-bond donors (Lipinski definition) is 0. The molecule has 33 heavy (non-hydrogen) atoms. The molecule has 0 atom stereocenters. The van der Waals surface area contributed by atoms with Gasteiger partial charge >= 0.3 is 17.1 Å². The normalized spacial score (nSPS) is 10.6. The summed E-state index contributed by atoms with van der Waals surface area (Å²) >= 11 is 3.13. The summed E-state index contributed by atoms with van der Waals surface area (Å²) in [4.78, 5) is 47.0. The summed E-state index contributed by atoms with van der Waals surface area (Å²) in [5, 5.41) is 22.6. The van der Waals surface area contributed by atoms with Crippen molar-refractivity contribution in [2.45, 2.75) is 13.1 Å². The molecule has 0 aliphatic carbocycles. The van der Waals surface area contributed by atoms with Crippen molar-refractivity contribution in [1.82, 2.24) is 9.13 Å². The molecule has 13 heteroatoms. The second-order valence-electron chi connectivity index (χ2n) is 6.81. The summed E-state index contributed by atoms with van der Waals surface area (Å²) in [7, 11) is 2.60. The zero-order chi connectivity index (χ0) is 24.3. The molecule has 0 aliphatic rings. The predicted molar refractivity (Wildman–Crippen MR) is 120 cm³/mol. The van der Waals surface area contributed by atoms with Crippen LogP contribution in [0.15, 0.2) is 56.7 Å². The fourth-order valence-electron chi connectivity index (χ4n) is 3.20. The van der Waals surface area contributed by atoms with E-state index in [1.54, 1.807) is 6.07 Å². The smallest absolute Gasteiger partial charge is 0.331 e. The Balaban J connectivity index is 2.03. The first-order valence-corrected chi connectivity index (χ1v) is 10.1. The average molecular weight is 521 g/mol. The van der Waals surface area contributed by atoms with Crippen molar-refractivity contribution >= 4 is 27.3 Å². The molecule has 0 N–H and O–H groups in total. The fourth-order valence-corrected chi connectivity index (χ4v) is 3.66. The third-order valence-electron chi connectivity index (χ3n) is 4.77. The van der Waals surface area contributed by atoms with Crippen molar-refractivity contribution in [3.05, 3.63) is 99.3 Å². The number of aromatic nitrogens is 2. The molecule has 3 aromatic rings. The number of halogens is 1. The minimum atomic E-state index is -0.694. The first-order valence-electron chi connectivity index (χ1n) is 9.28. The first-order chi connectivity index (χ1) is 15.7. The van der Waals surface area contributed by atoms with Crippen molar-refractivity contribution < 1.29 is 19.3 Å². The van der Waals surface area contributed by atoms with Gasteiger partial charge in [0.25, 0.3) is 5.56 Å². The molecule has 0 radical (unpaired) electrons. The number of ether oxygens (including phenoxy) is 2. The van der Waals surface area contributed by atoms with Crippen LogP contribution in [0, 0.1) is 20.2 Å². The molecule has 0 unspecified atom stereocenters. The Labute approximate surface area is 194 Å². The van der Waals surface area contributed by atoms with E-state index >= 15 is 0 Å². The SMILES string of the molecule is COc1ccc(Cn2cc(Br)c(=O)n(Cc3ccc(OC)c([N+](=O)[O-])c3)c2=O)cc1[N+](=O)[O-]. The van der Waals surface area contributed by atoms with Gasteiger partial charge in [-0.25, -0.2) is 4.79 Å². The molecule has 0 bridgehead atoms. The zero-order valence-electron chi connectivity index (χ0n) is 17.4. The number of rotatable bonds is 8. The standard InChI is InChI=1S/C20H17BrN4O8/c1-32-17-5-3-12(7-15(17)24(28)29)9-22-11-14(21)19(26)23(20(22)27)10-13-4-6-18(33-2)16(8-13)25(30)31/h3-8,11H,9-10H2,1-2H3. The number of hydrogen-bond acceptors (Lipinski definition) is 8. The average Bonchev–Trinajstić information content (AvgIpc) is 2.79. The van der Waals surface area contributed by atoms with Gasteiger partial charge in [-0.1, -0.05) is 12.1 Å². The lowest BCUT2D eigenvalue weighted by Crippen LogP contribution is -2.40. The highest BCUT2D eigenvalue weighted by molar-refractivity contribution is 9.10. The van der Waals surface area contributed by atoms with Crippen LogP contribution in [-0.2, 0) is 13.1 Å². The summed E-state index contributed by atoms with van der Waals surface area (Å²) in [5.74, 6) is 0.118. The number of benzene rings is 2. The molecule has 1 heterocycles. The Morgan fingerprint density at radius 3 is 1.82 bits per heavy atom. The highest BCUT2D eigenvalue weighted by atomic mass is 79.9. The Kier molecular flexibility index (Phi) is 6.92. The third kappa shape index (κ3) is 4.92. The maximum Gasteiger partial charge on any atom is 0.331 e. The van der Waals surface area contributed by atoms with Crippen LogP contribution in [0.2, 0.25) is 0 Å². The molecule has 0 fully saturated rings. The molecule has 3 rings (SSSR count). The van der Waals surface area contributed by atoms with Gasteiger partial charge in [0.15, 0.2) is 11.5 Å². The van der Waals surface area contributed by atoms with E-state index in [0.29, 0.717) is 11.1 Å². The van der Waals surface area contributed by atoms with Gasteiger partial charge in [-0.2, -0.15) is 0 Å². The van der Waals surface area contributed by atoms with E-state index in [-0.39, 0.29) is 40.4 Å². The van der Waals surface area contributed by atoms with E-state index < -0.39 is 21.1 Å². The van der Waals surface area contributed by atoms with Gasteiger partial charge in [0.2, 0.25) is 0 Å². The highest BCUT2D eigenvalue weighted by Gasteiger charge is 2.19. The highest BCUT2D eigenvalue weighted by Crippen LogP contribution is 2.28.